The molecular formula is C16H26N2O2. The van der Waals surface area contributed by atoms with E-state index in [9.17, 15) is 0 Å². The van der Waals surface area contributed by atoms with E-state index >= 15 is 0 Å². The zero-order chi connectivity index (χ0) is 14.4. The average Bonchev–Trinajstić information content (AvgIpc) is 2.72. The van der Waals surface area contributed by atoms with Gasteiger partial charge < -0.3 is 14.8 Å². The van der Waals surface area contributed by atoms with Gasteiger partial charge >= 0.3 is 0 Å². The molecule has 112 valence electrons. The molecule has 1 aromatic carbocycles. The predicted octanol–water partition coefficient (Wildman–Crippen LogP) is 2.28. The standard InChI is InChI=1S/C16H26N2O2/c1-4-14-7-9-18(10-8-17-14)12-13-5-6-15(19-2)16(11-13)20-3/h5-6,11,14,17H,4,7-10,12H2,1-3H3. The van der Waals surface area contributed by atoms with Crippen molar-refractivity contribution < 1.29 is 9.47 Å². The topological polar surface area (TPSA) is 33.7 Å². The number of nitrogens with zero attached hydrogens (tertiary/aromatic N) is 1. The van der Waals surface area contributed by atoms with E-state index < -0.39 is 0 Å². The van der Waals surface area contributed by atoms with Gasteiger partial charge in [0.25, 0.3) is 0 Å². The van der Waals surface area contributed by atoms with E-state index in [1.807, 2.05) is 6.07 Å². The van der Waals surface area contributed by atoms with Crippen molar-refractivity contribution >= 4 is 0 Å². The Balaban J connectivity index is 1.99. The van der Waals surface area contributed by atoms with E-state index in [1.54, 1.807) is 14.2 Å². The van der Waals surface area contributed by atoms with Gasteiger partial charge in [-0.05, 0) is 30.5 Å². The maximum atomic E-state index is 5.37. The summed E-state index contributed by atoms with van der Waals surface area (Å²) in [5, 5.41) is 3.60. The monoisotopic (exact) mass is 278 g/mol. The highest BCUT2D eigenvalue weighted by Gasteiger charge is 2.15. The quantitative estimate of drug-likeness (QED) is 0.896. The molecule has 4 nitrogen and oxygen atoms in total. The summed E-state index contributed by atoms with van der Waals surface area (Å²) in [6, 6.07) is 6.86. The molecule has 4 heteroatoms. The first-order chi connectivity index (χ1) is 9.76. The first kappa shape index (κ1) is 15.1. The van der Waals surface area contributed by atoms with Crippen LogP contribution in [0.5, 0.6) is 11.5 Å². The van der Waals surface area contributed by atoms with Gasteiger partial charge in [0.1, 0.15) is 0 Å². The second-order valence-corrected chi connectivity index (χ2v) is 5.31. The minimum absolute atomic E-state index is 0.672. The molecule has 0 spiro atoms. The van der Waals surface area contributed by atoms with Crippen LogP contribution in [0.1, 0.15) is 25.3 Å². The number of rotatable bonds is 5. The Morgan fingerprint density at radius 2 is 2.00 bits per heavy atom. The molecule has 1 aromatic rings. The Labute approximate surface area is 122 Å². The second-order valence-electron chi connectivity index (χ2n) is 5.31. The van der Waals surface area contributed by atoms with Crippen LogP contribution in [0.15, 0.2) is 18.2 Å². The van der Waals surface area contributed by atoms with Crippen molar-refractivity contribution in [3.05, 3.63) is 23.8 Å². The minimum Gasteiger partial charge on any atom is -0.493 e. The molecule has 1 unspecified atom stereocenters. The lowest BCUT2D eigenvalue weighted by molar-refractivity contribution is 0.280. The lowest BCUT2D eigenvalue weighted by Crippen LogP contribution is -2.29. The minimum atomic E-state index is 0.672. The average molecular weight is 278 g/mol. The zero-order valence-electron chi connectivity index (χ0n) is 12.8. The van der Waals surface area contributed by atoms with E-state index in [2.05, 4.69) is 29.3 Å². The number of hydrogen-bond acceptors (Lipinski definition) is 4. The third-order valence-corrected chi connectivity index (χ3v) is 4.00. The van der Waals surface area contributed by atoms with Crippen molar-refractivity contribution in [2.24, 2.45) is 0 Å². The Morgan fingerprint density at radius 1 is 1.20 bits per heavy atom. The summed E-state index contributed by atoms with van der Waals surface area (Å²) in [4.78, 5) is 2.50. The molecule has 1 saturated heterocycles. The normalized spacial score (nSPS) is 20.4. The molecule has 1 aliphatic heterocycles. The van der Waals surface area contributed by atoms with Gasteiger partial charge in [0.15, 0.2) is 11.5 Å². The van der Waals surface area contributed by atoms with Crippen LogP contribution < -0.4 is 14.8 Å². The zero-order valence-corrected chi connectivity index (χ0v) is 12.8. The van der Waals surface area contributed by atoms with Gasteiger partial charge in [0.05, 0.1) is 14.2 Å². The predicted molar refractivity (Wildman–Crippen MR) is 81.5 cm³/mol. The third kappa shape index (κ3) is 3.87. The summed E-state index contributed by atoms with van der Waals surface area (Å²) in [7, 11) is 3.35. The molecule has 1 aliphatic rings. The highest BCUT2D eigenvalue weighted by atomic mass is 16.5. The van der Waals surface area contributed by atoms with Crippen LogP contribution in [0, 0.1) is 0 Å². The molecule has 0 amide bonds. The highest BCUT2D eigenvalue weighted by molar-refractivity contribution is 5.42. The molecule has 1 fully saturated rings. The Hall–Kier alpha value is -1.26. The summed E-state index contributed by atoms with van der Waals surface area (Å²) < 4.78 is 10.7. The van der Waals surface area contributed by atoms with Crippen LogP contribution in [0.3, 0.4) is 0 Å². The molecule has 0 bridgehead atoms. The van der Waals surface area contributed by atoms with Crippen molar-refractivity contribution in [1.29, 1.82) is 0 Å². The summed E-state index contributed by atoms with van der Waals surface area (Å²) in [5.74, 6) is 1.60. The van der Waals surface area contributed by atoms with Gasteiger partial charge in [0, 0.05) is 32.2 Å². The van der Waals surface area contributed by atoms with E-state index in [0.29, 0.717) is 6.04 Å². The van der Waals surface area contributed by atoms with Crippen molar-refractivity contribution in [3.8, 4) is 11.5 Å². The lowest BCUT2D eigenvalue weighted by Gasteiger charge is -2.20. The van der Waals surface area contributed by atoms with E-state index in [4.69, 9.17) is 9.47 Å². The number of benzene rings is 1. The van der Waals surface area contributed by atoms with Gasteiger partial charge in [-0.2, -0.15) is 0 Å². The lowest BCUT2D eigenvalue weighted by atomic mass is 10.1. The molecule has 2 rings (SSSR count). The number of nitrogens with one attached hydrogen (secondary N) is 1. The summed E-state index contributed by atoms with van der Waals surface area (Å²) >= 11 is 0. The van der Waals surface area contributed by atoms with Crippen LogP contribution >= 0.6 is 0 Å². The van der Waals surface area contributed by atoms with Crippen LogP contribution in [0.4, 0.5) is 0 Å². The molecule has 0 aromatic heterocycles. The largest absolute Gasteiger partial charge is 0.493 e. The van der Waals surface area contributed by atoms with Crippen LogP contribution in [-0.4, -0.2) is 44.8 Å². The Morgan fingerprint density at radius 3 is 2.70 bits per heavy atom. The van der Waals surface area contributed by atoms with Crippen LogP contribution in [0.25, 0.3) is 0 Å². The first-order valence-electron chi connectivity index (χ1n) is 7.43. The van der Waals surface area contributed by atoms with Crippen LogP contribution in [0.2, 0.25) is 0 Å². The molecule has 20 heavy (non-hydrogen) atoms. The Bertz CT molecular complexity index is 423. The molecule has 0 saturated carbocycles. The smallest absolute Gasteiger partial charge is 0.161 e. The fourth-order valence-electron chi connectivity index (χ4n) is 2.72. The fraction of sp³-hybridized carbons (Fsp3) is 0.625. The van der Waals surface area contributed by atoms with E-state index in [-0.39, 0.29) is 0 Å². The van der Waals surface area contributed by atoms with Gasteiger partial charge in [-0.1, -0.05) is 13.0 Å². The highest BCUT2D eigenvalue weighted by Crippen LogP contribution is 2.28. The Kier molecular flexibility index (Phi) is 5.68. The summed E-state index contributed by atoms with van der Waals surface area (Å²) in [6.07, 6.45) is 2.44. The van der Waals surface area contributed by atoms with Gasteiger partial charge in [0.2, 0.25) is 0 Å². The van der Waals surface area contributed by atoms with Crippen molar-refractivity contribution in [2.75, 3.05) is 33.9 Å². The van der Waals surface area contributed by atoms with Gasteiger partial charge in [-0.15, -0.1) is 0 Å². The maximum Gasteiger partial charge on any atom is 0.161 e. The maximum absolute atomic E-state index is 5.37. The summed E-state index contributed by atoms with van der Waals surface area (Å²) in [5.41, 5.74) is 1.28. The van der Waals surface area contributed by atoms with Crippen molar-refractivity contribution in [2.45, 2.75) is 32.4 Å². The van der Waals surface area contributed by atoms with Crippen LogP contribution in [-0.2, 0) is 6.54 Å². The molecule has 1 heterocycles. The molecule has 0 aliphatic carbocycles. The van der Waals surface area contributed by atoms with Gasteiger partial charge in [-0.25, -0.2) is 0 Å². The molecule has 1 N–H and O–H groups in total. The molecular weight excluding hydrogens is 252 g/mol. The fourth-order valence-corrected chi connectivity index (χ4v) is 2.72. The number of ether oxygens (including phenoxy) is 2. The summed E-state index contributed by atoms with van der Waals surface area (Å²) in [6.45, 7) is 6.55. The van der Waals surface area contributed by atoms with Crippen molar-refractivity contribution in [3.63, 3.8) is 0 Å². The molecule has 1 atom stereocenters. The SMILES string of the molecule is CCC1CCN(Cc2ccc(OC)c(OC)c2)CCN1. The van der Waals surface area contributed by atoms with Crippen molar-refractivity contribution in [1.82, 2.24) is 10.2 Å². The van der Waals surface area contributed by atoms with Gasteiger partial charge in [-0.3, -0.25) is 4.90 Å². The number of methoxy groups -OCH3 is 2. The first-order valence-corrected chi connectivity index (χ1v) is 7.43. The van der Waals surface area contributed by atoms with E-state index in [0.717, 1.165) is 37.7 Å². The number of hydrogen-bond donors (Lipinski definition) is 1. The van der Waals surface area contributed by atoms with E-state index in [1.165, 1.54) is 18.4 Å². The molecule has 0 radical (unpaired) electrons. The second kappa shape index (κ2) is 7.50. The third-order valence-electron chi connectivity index (χ3n) is 4.00.